The molecule has 3 nitrogen and oxygen atoms in total. The third kappa shape index (κ3) is 3.41. The van der Waals surface area contributed by atoms with Gasteiger partial charge in [-0.1, -0.05) is 34.1 Å². The van der Waals surface area contributed by atoms with Crippen LogP contribution in [-0.4, -0.2) is 41.1 Å². The normalized spacial score (nSPS) is 26.1. The quantitative estimate of drug-likeness (QED) is 0.773. The van der Waals surface area contributed by atoms with Gasteiger partial charge in [-0.25, -0.2) is 0 Å². The van der Waals surface area contributed by atoms with Crippen molar-refractivity contribution in [1.82, 2.24) is 10.2 Å². The average molecular weight is 272 g/mol. The van der Waals surface area contributed by atoms with Crippen LogP contribution in [0, 0.1) is 5.92 Å². The third-order valence-electron chi connectivity index (χ3n) is 3.66. The molecule has 0 aliphatic carbocycles. The highest BCUT2D eigenvalue weighted by Crippen LogP contribution is 2.25. The number of nitrogens with one attached hydrogen (secondary N) is 1. The summed E-state index contributed by atoms with van der Waals surface area (Å²) in [4.78, 5) is 14.7. The molecule has 0 aromatic heterocycles. The van der Waals surface area contributed by atoms with Gasteiger partial charge in [-0.2, -0.15) is 11.8 Å². The molecule has 3 unspecified atom stereocenters. The minimum atomic E-state index is 0.0401. The molecule has 0 aromatic carbocycles. The fourth-order valence-corrected chi connectivity index (χ4v) is 3.46. The summed E-state index contributed by atoms with van der Waals surface area (Å²) < 4.78 is 0. The Balaban J connectivity index is 2.85. The predicted molar refractivity (Wildman–Crippen MR) is 79.8 cm³/mol. The molecule has 0 aromatic rings. The smallest absolute Gasteiger partial charge is 0.241 e. The minimum absolute atomic E-state index is 0.0401. The predicted octanol–water partition coefficient (Wildman–Crippen LogP) is 2.71. The van der Waals surface area contributed by atoms with Crippen molar-refractivity contribution in [3.8, 4) is 0 Å². The standard InChI is InChI=1S/C14H28N2OS/c1-6-8-12-14(17)16(11(7-2)9-18-5)13(15-12)10(3)4/h10-13,15H,6-9H2,1-5H3. The number of carbonyl (C=O) groups is 1. The lowest BCUT2D eigenvalue weighted by atomic mass is 10.1. The van der Waals surface area contributed by atoms with E-state index >= 15 is 0 Å². The lowest BCUT2D eigenvalue weighted by molar-refractivity contribution is -0.132. The van der Waals surface area contributed by atoms with Gasteiger partial charge >= 0.3 is 0 Å². The topological polar surface area (TPSA) is 32.3 Å². The SMILES string of the molecule is CCCC1NC(C(C)C)N(C(CC)CSC)C1=O. The number of rotatable bonds is 7. The Morgan fingerprint density at radius 3 is 2.50 bits per heavy atom. The number of thioether (sulfide) groups is 1. The fraction of sp³-hybridized carbons (Fsp3) is 0.929. The van der Waals surface area contributed by atoms with Crippen LogP contribution in [0.3, 0.4) is 0 Å². The Morgan fingerprint density at radius 1 is 1.39 bits per heavy atom. The molecule has 1 aliphatic rings. The zero-order valence-electron chi connectivity index (χ0n) is 12.4. The van der Waals surface area contributed by atoms with Gasteiger partial charge < -0.3 is 4.90 Å². The molecule has 1 N–H and O–H groups in total. The highest BCUT2D eigenvalue weighted by Gasteiger charge is 2.42. The van der Waals surface area contributed by atoms with Crippen molar-refractivity contribution in [3.63, 3.8) is 0 Å². The first kappa shape index (κ1) is 15.8. The molecule has 1 saturated heterocycles. The maximum Gasteiger partial charge on any atom is 0.241 e. The van der Waals surface area contributed by atoms with Gasteiger partial charge in [0.2, 0.25) is 5.91 Å². The zero-order chi connectivity index (χ0) is 13.7. The van der Waals surface area contributed by atoms with Gasteiger partial charge in [0, 0.05) is 11.8 Å². The van der Waals surface area contributed by atoms with E-state index in [1.54, 1.807) is 0 Å². The fourth-order valence-electron chi connectivity index (χ4n) is 2.68. The van der Waals surface area contributed by atoms with Crippen LogP contribution in [0.15, 0.2) is 0 Å². The summed E-state index contributed by atoms with van der Waals surface area (Å²) in [6, 6.07) is 0.410. The summed E-state index contributed by atoms with van der Waals surface area (Å²) in [6.45, 7) is 8.70. The van der Waals surface area contributed by atoms with Crippen molar-refractivity contribution in [2.75, 3.05) is 12.0 Å². The van der Waals surface area contributed by atoms with E-state index in [4.69, 9.17) is 0 Å². The van der Waals surface area contributed by atoms with E-state index in [1.807, 2.05) is 11.8 Å². The minimum Gasteiger partial charge on any atom is -0.322 e. The number of amides is 1. The Kier molecular flexibility index (Phi) is 6.50. The number of hydrogen-bond donors (Lipinski definition) is 1. The van der Waals surface area contributed by atoms with E-state index in [0.717, 1.165) is 25.0 Å². The van der Waals surface area contributed by atoms with Crippen molar-refractivity contribution in [2.45, 2.75) is 65.2 Å². The Morgan fingerprint density at radius 2 is 2.06 bits per heavy atom. The van der Waals surface area contributed by atoms with Gasteiger partial charge in [-0.3, -0.25) is 10.1 Å². The molecule has 1 amide bonds. The molecule has 1 aliphatic heterocycles. The van der Waals surface area contributed by atoms with Crippen LogP contribution in [0.4, 0.5) is 0 Å². The first-order valence-electron chi connectivity index (χ1n) is 7.13. The van der Waals surface area contributed by atoms with E-state index < -0.39 is 0 Å². The van der Waals surface area contributed by atoms with Gasteiger partial charge in [-0.05, 0) is 25.0 Å². The van der Waals surface area contributed by atoms with Crippen LogP contribution in [0.2, 0.25) is 0 Å². The second-order valence-electron chi connectivity index (χ2n) is 5.46. The van der Waals surface area contributed by atoms with Crippen LogP contribution in [0.5, 0.6) is 0 Å². The largest absolute Gasteiger partial charge is 0.322 e. The molecule has 4 heteroatoms. The van der Waals surface area contributed by atoms with E-state index in [0.29, 0.717) is 17.9 Å². The monoisotopic (exact) mass is 272 g/mol. The van der Waals surface area contributed by atoms with Crippen molar-refractivity contribution in [1.29, 1.82) is 0 Å². The molecule has 0 radical (unpaired) electrons. The van der Waals surface area contributed by atoms with Crippen molar-refractivity contribution < 1.29 is 4.79 Å². The summed E-state index contributed by atoms with van der Waals surface area (Å²) in [6.07, 6.45) is 5.38. The molecule has 18 heavy (non-hydrogen) atoms. The Hall–Kier alpha value is -0.220. The van der Waals surface area contributed by atoms with Crippen LogP contribution in [0.1, 0.15) is 47.0 Å². The summed E-state index contributed by atoms with van der Waals surface area (Å²) >= 11 is 1.83. The van der Waals surface area contributed by atoms with E-state index in [2.05, 4.69) is 44.2 Å². The first-order chi connectivity index (χ1) is 8.56. The molecule has 106 valence electrons. The Labute approximate surface area is 116 Å². The molecule has 1 rings (SSSR count). The summed E-state index contributed by atoms with van der Waals surface area (Å²) in [5, 5.41) is 3.53. The van der Waals surface area contributed by atoms with E-state index in [-0.39, 0.29) is 12.2 Å². The number of hydrogen-bond acceptors (Lipinski definition) is 3. The van der Waals surface area contributed by atoms with Gasteiger partial charge in [0.25, 0.3) is 0 Å². The maximum absolute atomic E-state index is 12.5. The lowest BCUT2D eigenvalue weighted by Crippen LogP contribution is -2.48. The van der Waals surface area contributed by atoms with Crippen molar-refractivity contribution >= 4 is 17.7 Å². The third-order valence-corrected chi connectivity index (χ3v) is 4.37. The van der Waals surface area contributed by atoms with Gasteiger partial charge in [0.1, 0.15) is 0 Å². The zero-order valence-corrected chi connectivity index (χ0v) is 13.2. The van der Waals surface area contributed by atoms with Gasteiger partial charge in [0.05, 0.1) is 12.2 Å². The second kappa shape index (κ2) is 7.39. The van der Waals surface area contributed by atoms with Crippen molar-refractivity contribution in [3.05, 3.63) is 0 Å². The molecule has 1 heterocycles. The van der Waals surface area contributed by atoms with Gasteiger partial charge in [0.15, 0.2) is 0 Å². The average Bonchev–Trinajstić information content (AvgIpc) is 2.65. The molecule has 3 atom stereocenters. The highest BCUT2D eigenvalue weighted by molar-refractivity contribution is 7.98. The summed E-state index contributed by atoms with van der Waals surface area (Å²) in [5.74, 6) is 1.81. The Bertz CT molecular complexity index is 271. The maximum atomic E-state index is 12.5. The first-order valence-corrected chi connectivity index (χ1v) is 8.53. The van der Waals surface area contributed by atoms with Crippen LogP contribution in [0.25, 0.3) is 0 Å². The molecule has 1 fully saturated rings. The van der Waals surface area contributed by atoms with Crippen LogP contribution >= 0.6 is 11.8 Å². The van der Waals surface area contributed by atoms with Crippen LogP contribution < -0.4 is 5.32 Å². The van der Waals surface area contributed by atoms with Gasteiger partial charge in [-0.15, -0.1) is 0 Å². The molecular weight excluding hydrogens is 244 g/mol. The number of nitrogens with zero attached hydrogens (tertiary/aromatic N) is 1. The second-order valence-corrected chi connectivity index (χ2v) is 6.37. The van der Waals surface area contributed by atoms with Crippen molar-refractivity contribution in [2.24, 2.45) is 5.92 Å². The van der Waals surface area contributed by atoms with Crippen LogP contribution in [-0.2, 0) is 4.79 Å². The molecule has 0 saturated carbocycles. The number of carbonyl (C=O) groups excluding carboxylic acids is 1. The highest BCUT2D eigenvalue weighted by atomic mass is 32.2. The molecular formula is C14H28N2OS. The lowest BCUT2D eigenvalue weighted by Gasteiger charge is -2.34. The molecule has 0 spiro atoms. The summed E-state index contributed by atoms with van der Waals surface area (Å²) in [5.41, 5.74) is 0. The van der Waals surface area contributed by atoms with E-state index in [1.165, 1.54) is 0 Å². The molecule has 0 bridgehead atoms. The summed E-state index contributed by atoms with van der Waals surface area (Å²) in [7, 11) is 0. The van der Waals surface area contributed by atoms with E-state index in [9.17, 15) is 4.79 Å².